The van der Waals surface area contributed by atoms with Gasteiger partial charge in [-0.25, -0.2) is 0 Å². The van der Waals surface area contributed by atoms with Crippen molar-refractivity contribution in [3.05, 3.63) is 59.8 Å². The van der Waals surface area contributed by atoms with Crippen LogP contribution in [0.5, 0.6) is 11.5 Å². The fourth-order valence-corrected chi connectivity index (χ4v) is 3.35. The number of para-hydroxylation sites is 1. The van der Waals surface area contributed by atoms with Crippen molar-refractivity contribution in [3.8, 4) is 11.5 Å². The lowest BCUT2D eigenvalue weighted by molar-refractivity contribution is 0.0726. The van der Waals surface area contributed by atoms with Gasteiger partial charge in [0.05, 0.1) is 19.8 Å². The summed E-state index contributed by atoms with van der Waals surface area (Å²) in [6, 6.07) is 14.0. The third kappa shape index (κ3) is 3.01. The van der Waals surface area contributed by atoms with E-state index in [0.29, 0.717) is 23.6 Å². The van der Waals surface area contributed by atoms with Gasteiger partial charge in [0.2, 0.25) is 0 Å². The maximum Gasteiger partial charge on any atom is 0.258 e. The van der Waals surface area contributed by atoms with Gasteiger partial charge in [-0.2, -0.15) is 0 Å². The second-order valence-electron chi connectivity index (χ2n) is 6.60. The maximum atomic E-state index is 13.3. The molecule has 1 amide bonds. The number of nitrogens with zero attached hydrogens (tertiary/aromatic N) is 1. The van der Waals surface area contributed by atoms with E-state index >= 15 is 0 Å². The van der Waals surface area contributed by atoms with E-state index < -0.39 is 0 Å². The van der Waals surface area contributed by atoms with Gasteiger partial charge >= 0.3 is 0 Å². The number of H-pyrrole nitrogens is 1. The van der Waals surface area contributed by atoms with Gasteiger partial charge in [0.15, 0.2) is 11.5 Å². The summed E-state index contributed by atoms with van der Waals surface area (Å²) in [5, 5.41) is 1.17. The Balaban J connectivity index is 1.65. The number of carbonyl (C=O) groups is 1. The minimum absolute atomic E-state index is 0.0187. The zero-order valence-corrected chi connectivity index (χ0v) is 15.0. The van der Waals surface area contributed by atoms with Crippen molar-refractivity contribution in [2.45, 2.75) is 25.4 Å². The third-order valence-electron chi connectivity index (χ3n) is 4.85. The molecule has 5 heteroatoms. The first kappa shape index (κ1) is 16.5. The lowest BCUT2D eigenvalue weighted by atomic mass is 10.1. The molecule has 1 aromatic heterocycles. The number of fused-ring (bicyclic) bond motifs is 1. The molecular weight excluding hydrogens is 328 g/mol. The molecule has 5 nitrogen and oxygen atoms in total. The normalized spacial score (nSPS) is 13.6. The van der Waals surface area contributed by atoms with E-state index in [9.17, 15) is 4.79 Å². The monoisotopic (exact) mass is 350 g/mol. The summed E-state index contributed by atoms with van der Waals surface area (Å²) in [5.41, 5.74) is 2.74. The molecule has 3 aromatic rings. The van der Waals surface area contributed by atoms with Gasteiger partial charge in [0, 0.05) is 24.3 Å². The first-order chi connectivity index (χ1) is 12.7. The van der Waals surface area contributed by atoms with E-state index in [-0.39, 0.29) is 11.9 Å². The molecule has 0 spiro atoms. The summed E-state index contributed by atoms with van der Waals surface area (Å²) in [6.07, 6.45) is 4.02. The van der Waals surface area contributed by atoms with Crippen LogP contribution >= 0.6 is 0 Å². The van der Waals surface area contributed by atoms with Crippen LogP contribution in [0, 0.1) is 0 Å². The van der Waals surface area contributed by atoms with Crippen molar-refractivity contribution >= 4 is 16.8 Å². The Morgan fingerprint density at radius 1 is 1.15 bits per heavy atom. The number of ether oxygens (including phenoxy) is 2. The first-order valence-corrected chi connectivity index (χ1v) is 8.79. The molecule has 1 aliphatic rings. The van der Waals surface area contributed by atoms with Crippen LogP contribution in [-0.4, -0.2) is 36.1 Å². The van der Waals surface area contributed by atoms with Crippen LogP contribution in [0.15, 0.2) is 48.7 Å². The predicted molar refractivity (Wildman–Crippen MR) is 101 cm³/mol. The topological polar surface area (TPSA) is 54.6 Å². The molecule has 26 heavy (non-hydrogen) atoms. The second kappa shape index (κ2) is 6.75. The number of carbonyl (C=O) groups excluding carboxylic acids is 1. The van der Waals surface area contributed by atoms with Gasteiger partial charge < -0.3 is 19.4 Å². The molecule has 134 valence electrons. The SMILES string of the molecule is COc1cccc(C(=O)N(Cc2ccc3cc[nH]c3c2)C2CC2)c1OC. The number of amides is 1. The van der Waals surface area contributed by atoms with Crippen LogP contribution in [0.1, 0.15) is 28.8 Å². The Hall–Kier alpha value is -2.95. The molecule has 0 radical (unpaired) electrons. The number of aromatic amines is 1. The fourth-order valence-electron chi connectivity index (χ4n) is 3.35. The summed E-state index contributed by atoms with van der Waals surface area (Å²) < 4.78 is 10.8. The quantitative estimate of drug-likeness (QED) is 0.731. The number of nitrogens with one attached hydrogen (secondary N) is 1. The van der Waals surface area contributed by atoms with Crippen LogP contribution in [-0.2, 0) is 6.54 Å². The molecule has 0 saturated heterocycles. The molecule has 0 unspecified atom stereocenters. The molecule has 4 rings (SSSR count). The molecule has 1 fully saturated rings. The lowest BCUT2D eigenvalue weighted by Crippen LogP contribution is -2.32. The largest absolute Gasteiger partial charge is 0.493 e. The van der Waals surface area contributed by atoms with E-state index in [4.69, 9.17) is 9.47 Å². The van der Waals surface area contributed by atoms with E-state index in [1.165, 1.54) is 5.39 Å². The predicted octanol–water partition coefficient (Wildman–Crippen LogP) is 3.99. The van der Waals surface area contributed by atoms with Crippen molar-refractivity contribution in [3.63, 3.8) is 0 Å². The van der Waals surface area contributed by atoms with Gasteiger partial charge in [-0.05, 0) is 48.1 Å². The van der Waals surface area contributed by atoms with Gasteiger partial charge in [-0.3, -0.25) is 4.79 Å². The van der Waals surface area contributed by atoms with Crippen molar-refractivity contribution < 1.29 is 14.3 Å². The summed E-state index contributed by atoms with van der Waals surface area (Å²) in [6.45, 7) is 0.582. The van der Waals surface area contributed by atoms with Gasteiger partial charge in [0.25, 0.3) is 5.91 Å². The molecule has 0 atom stereocenters. The Morgan fingerprint density at radius 3 is 2.73 bits per heavy atom. The zero-order chi connectivity index (χ0) is 18.1. The Labute approximate surface area is 152 Å². The summed E-state index contributed by atoms with van der Waals surface area (Å²) >= 11 is 0. The van der Waals surface area contributed by atoms with Crippen molar-refractivity contribution in [2.24, 2.45) is 0 Å². The highest BCUT2D eigenvalue weighted by atomic mass is 16.5. The van der Waals surface area contributed by atoms with Gasteiger partial charge in [0.1, 0.15) is 0 Å². The minimum atomic E-state index is -0.0187. The van der Waals surface area contributed by atoms with Gasteiger partial charge in [-0.15, -0.1) is 0 Å². The number of benzene rings is 2. The molecule has 1 N–H and O–H groups in total. The maximum absolute atomic E-state index is 13.3. The molecule has 1 saturated carbocycles. The highest BCUT2D eigenvalue weighted by molar-refractivity contribution is 5.98. The molecular formula is C21H22N2O3. The average molecular weight is 350 g/mol. The molecule has 0 aliphatic heterocycles. The van der Waals surface area contributed by atoms with Crippen LogP contribution in [0.4, 0.5) is 0 Å². The Morgan fingerprint density at radius 2 is 2.00 bits per heavy atom. The standard InChI is InChI=1S/C21H22N2O3/c1-25-19-5-3-4-17(20(19)26-2)21(24)23(16-8-9-16)13-14-6-7-15-10-11-22-18(15)12-14/h3-7,10-12,16,22H,8-9,13H2,1-2H3. The van der Waals surface area contributed by atoms with Crippen LogP contribution in [0.3, 0.4) is 0 Å². The molecule has 0 bridgehead atoms. The van der Waals surface area contributed by atoms with Crippen LogP contribution < -0.4 is 9.47 Å². The molecule has 2 aromatic carbocycles. The zero-order valence-electron chi connectivity index (χ0n) is 15.0. The summed E-state index contributed by atoms with van der Waals surface area (Å²) in [5.74, 6) is 1.04. The minimum Gasteiger partial charge on any atom is -0.493 e. The van der Waals surface area contributed by atoms with Crippen molar-refractivity contribution in [1.29, 1.82) is 0 Å². The van der Waals surface area contributed by atoms with Gasteiger partial charge in [-0.1, -0.05) is 18.2 Å². The number of hydrogen-bond donors (Lipinski definition) is 1. The second-order valence-corrected chi connectivity index (χ2v) is 6.60. The number of rotatable bonds is 6. The first-order valence-electron chi connectivity index (χ1n) is 8.79. The lowest BCUT2D eigenvalue weighted by Gasteiger charge is -2.24. The number of hydrogen-bond acceptors (Lipinski definition) is 3. The van der Waals surface area contributed by atoms with E-state index in [1.54, 1.807) is 26.4 Å². The van der Waals surface area contributed by atoms with E-state index in [1.807, 2.05) is 23.2 Å². The third-order valence-corrected chi connectivity index (χ3v) is 4.85. The fraction of sp³-hybridized carbons (Fsp3) is 0.286. The summed E-state index contributed by atoms with van der Waals surface area (Å²) in [4.78, 5) is 18.5. The smallest absolute Gasteiger partial charge is 0.258 e. The Bertz CT molecular complexity index is 943. The van der Waals surface area contributed by atoms with Crippen molar-refractivity contribution in [1.82, 2.24) is 9.88 Å². The summed E-state index contributed by atoms with van der Waals surface area (Å²) in [7, 11) is 3.14. The number of aromatic nitrogens is 1. The Kier molecular flexibility index (Phi) is 4.29. The highest BCUT2D eigenvalue weighted by Gasteiger charge is 2.34. The van der Waals surface area contributed by atoms with E-state index in [2.05, 4.69) is 23.2 Å². The number of methoxy groups -OCH3 is 2. The van der Waals surface area contributed by atoms with Crippen molar-refractivity contribution in [2.75, 3.05) is 14.2 Å². The molecule has 1 heterocycles. The van der Waals surface area contributed by atoms with E-state index in [0.717, 1.165) is 23.9 Å². The molecule has 1 aliphatic carbocycles. The average Bonchev–Trinajstić information content (AvgIpc) is 3.41. The van der Waals surface area contributed by atoms with Crippen LogP contribution in [0.2, 0.25) is 0 Å². The van der Waals surface area contributed by atoms with Crippen LogP contribution in [0.25, 0.3) is 10.9 Å². The highest BCUT2D eigenvalue weighted by Crippen LogP contribution is 2.35.